The van der Waals surface area contributed by atoms with Crippen molar-refractivity contribution >= 4 is 22.5 Å². The lowest BCUT2D eigenvalue weighted by Gasteiger charge is -2.19. The Labute approximate surface area is 129 Å². The average molecular weight is 296 g/mol. The van der Waals surface area contributed by atoms with Crippen molar-refractivity contribution in [3.8, 4) is 0 Å². The molecule has 6 heteroatoms. The lowest BCUT2D eigenvalue weighted by molar-refractivity contribution is 0.363. The van der Waals surface area contributed by atoms with Crippen molar-refractivity contribution < 1.29 is 0 Å². The van der Waals surface area contributed by atoms with E-state index in [9.17, 15) is 0 Å². The Balaban J connectivity index is 2.17. The highest BCUT2D eigenvalue weighted by molar-refractivity contribution is 5.88. The fraction of sp³-hybridized carbons (Fsp3) is 0.312. The van der Waals surface area contributed by atoms with Gasteiger partial charge in [-0.15, -0.1) is 0 Å². The highest BCUT2D eigenvalue weighted by Gasteiger charge is 2.23. The Kier molecular flexibility index (Phi) is 3.24. The second-order valence-corrected chi connectivity index (χ2v) is 6.41. The zero-order valence-corrected chi connectivity index (χ0v) is 13.0. The predicted octanol–water partition coefficient (Wildman–Crippen LogP) is 2.34. The molecule has 6 nitrogen and oxygen atoms in total. The minimum absolute atomic E-state index is 0.187. The number of nitrogen functional groups attached to an aromatic ring is 2. The second-order valence-electron chi connectivity index (χ2n) is 6.41. The normalized spacial score (nSPS) is 12.0. The summed E-state index contributed by atoms with van der Waals surface area (Å²) in [6.45, 7) is 6.26. The third-order valence-corrected chi connectivity index (χ3v) is 3.52. The van der Waals surface area contributed by atoms with Crippen LogP contribution in [-0.2, 0) is 12.0 Å². The van der Waals surface area contributed by atoms with E-state index in [1.165, 1.54) is 6.33 Å². The molecule has 0 aliphatic carbocycles. The standard InChI is InChI=1S/C16H20N6/c1-16(2,3)22-15-13(14(18)19-9-20-15)12(21-22)8-10-5-4-6-11(17)7-10/h4-7,9H,8,17H2,1-3H3,(H2,18,19,20). The molecule has 0 bridgehead atoms. The summed E-state index contributed by atoms with van der Waals surface area (Å²) >= 11 is 0. The molecule has 0 aliphatic heterocycles. The highest BCUT2D eigenvalue weighted by atomic mass is 15.3. The van der Waals surface area contributed by atoms with E-state index < -0.39 is 0 Å². The van der Waals surface area contributed by atoms with Crippen LogP contribution in [0.25, 0.3) is 11.0 Å². The smallest absolute Gasteiger partial charge is 0.164 e. The number of nitrogens with zero attached hydrogens (tertiary/aromatic N) is 4. The summed E-state index contributed by atoms with van der Waals surface area (Å²) in [5.41, 5.74) is 15.2. The number of benzene rings is 1. The molecule has 0 unspecified atom stereocenters. The summed E-state index contributed by atoms with van der Waals surface area (Å²) in [5, 5.41) is 5.56. The van der Waals surface area contributed by atoms with Crippen LogP contribution >= 0.6 is 0 Å². The number of fused-ring (bicyclic) bond motifs is 1. The van der Waals surface area contributed by atoms with E-state index in [1.807, 2.05) is 28.9 Å². The first kappa shape index (κ1) is 14.3. The number of rotatable bonds is 2. The Morgan fingerprint density at radius 2 is 1.91 bits per heavy atom. The molecular formula is C16H20N6. The minimum Gasteiger partial charge on any atom is -0.399 e. The van der Waals surface area contributed by atoms with Gasteiger partial charge in [0.1, 0.15) is 12.1 Å². The number of hydrogen-bond donors (Lipinski definition) is 2. The number of nitrogens with two attached hydrogens (primary N) is 2. The number of anilines is 2. The molecule has 0 radical (unpaired) electrons. The van der Waals surface area contributed by atoms with Gasteiger partial charge in [0.2, 0.25) is 0 Å². The van der Waals surface area contributed by atoms with Crippen LogP contribution < -0.4 is 11.5 Å². The van der Waals surface area contributed by atoms with Crippen molar-refractivity contribution in [2.75, 3.05) is 11.5 Å². The molecule has 2 heterocycles. The van der Waals surface area contributed by atoms with Crippen molar-refractivity contribution in [3.05, 3.63) is 41.9 Å². The highest BCUT2D eigenvalue weighted by Crippen LogP contribution is 2.28. The monoisotopic (exact) mass is 296 g/mol. The summed E-state index contributed by atoms with van der Waals surface area (Å²) in [4.78, 5) is 8.48. The van der Waals surface area contributed by atoms with E-state index in [2.05, 4.69) is 30.7 Å². The molecule has 0 atom stereocenters. The zero-order chi connectivity index (χ0) is 15.9. The topological polar surface area (TPSA) is 95.6 Å². The summed E-state index contributed by atoms with van der Waals surface area (Å²) < 4.78 is 1.90. The van der Waals surface area contributed by atoms with Crippen LogP contribution in [0.1, 0.15) is 32.0 Å². The largest absolute Gasteiger partial charge is 0.399 e. The van der Waals surface area contributed by atoms with Gasteiger partial charge in [-0.1, -0.05) is 12.1 Å². The van der Waals surface area contributed by atoms with Crippen LogP contribution in [0.3, 0.4) is 0 Å². The summed E-state index contributed by atoms with van der Waals surface area (Å²) in [6.07, 6.45) is 2.12. The fourth-order valence-electron chi connectivity index (χ4n) is 2.53. The van der Waals surface area contributed by atoms with E-state index in [0.29, 0.717) is 12.2 Å². The van der Waals surface area contributed by atoms with E-state index in [4.69, 9.17) is 16.6 Å². The SMILES string of the molecule is CC(C)(C)n1nc(Cc2cccc(N)c2)c2c(N)ncnc21. The molecule has 0 saturated heterocycles. The molecule has 114 valence electrons. The van der Waals surface area contributed by atoms with E-state index in [-0.39, 0.29) is 5.54 Å². The molecule has 0 amide bonds. The molecular weight excluding hydrogens is 276 g/mol. The lowest BCUT2D eigenvalue weighted by atomic mass is 10.1. The Morgan fingerprint density at radius 3 is 2.59 bits per heavy atom. The third-order valence-electron chi connectivity index (χ3n) is 3.52. The van der Waals surface area contributed by atoms with E-state index >= 15 is 0 Å². The van der Waals surface area contributed by atoms with Crippen molar-refractivity contribution in [3.63, 3.8) is 0 Å². The van der Waals surface area contributed by atoms with Crippen molar-refractivity contribution in [1.82, 2.24) is 19.7 Å². The van der Waals surface area contributed by atoms with Crippen molar-refractivity contribution in [1.29, 1.82) is 0 Å². The van der Waals surface area contributed by atoms with Gasteiger partial charge >= 0.3 is 0 Å². The van der Waals surface area contributed by atoms with Crippen LogP contribution in [0.15, 0.2) is 30.6 Å². The quantitative estimate of drug-likeness (QED) is 0.708. The predicted molar refractivity (Wildman–Crippen MR) is 88.4 cm³/mol. The Bertz CT molecular complexity index is 828. The van der Waals surface area contributed by atoms with Gasteiger partial charge < -0.3 is 11.5 Å². The lowest BCUT2D eigenvalue weighted by Crippen LogP contribution is -2.23. The van der Waals surface area contributed by atoms with Gasteiger partial charge in [0.05, 0.1) is 16.6 Å². The van der Waals surface area contributed by atoms with Gasteiger partial charge in [0.25, 0.3) is 0 Å². The minimum atomic E-state index is -0.187. The summed E-state index contributed by atoms with van der Waals surface area (Å²) in [7, 11) is 0. The summed E-state index contributed by atoms with van der Waals surface area (Å²) in [5.74, 6) is 0.458. The van der Waals surface area contributed by atoms with Crippen LogP contribution in [0, 0.1) is 0 Å². The molecule has 2 aromatic heterocycles. The van der Waals surface area contributed by atoms with E-state index in [0.717, 1.165) is 28.0 Å². The van der Waals surface area contributed by atoms with Crippen LogP contribution in [0.4, 0.5) is 11.5 Å². The van der Waals surface area contributed by atoms with Crippen LogP contribution in [-0.4, -0.2) is 19.7 Å². The molecule has 0 fully saturated rings. The Hall–Kier alpha value is -2.63. The number of hydrogen-bond acceptors (Lipinski definition) is 5. The fourth-order valence-corrected chi connectivity index (χ4v) is 2.53. The van der Waals surface area contributed by atoms with Crippen molar-refractivity contribution in [2.24, 2.45) is 0 Å². The number of aromatic nitrogens is 4. The first-order chi connectivity index (χ1) is 10.4. The first-order valence-electron chi connectivity index (χ1n) is 7.19. The third kappa shape index (κ3) is 2.47. The molecule has 22 heavy (non-hydrogen) atoms. The second kappa shape index (κ2) is 4.98. The van der Waals surface area contributed by atoms with Gasteiger partial charge in [0, 0.05) is 12.1 Å². The summed E-state index contributed by atoms with van der Waals surface area (Å²) in [6, 6.07) is 7.78. The zero-order valence-electron chi connectivity index (χ0n) is 13.0. The Morgan fingerprint density at radius 1 is 1.14 bits per heavy atom. The maximum absolute atomic E-state index is 6.07. The van der Waals surface area contributed by atoms with Gasteiger partial charge in [-0.2, -0.15) is 5.10 Å². The van der Waals surface area contributed by atoms with Gasteiger partial charge in [-0.3, -0.25) is 0 Å². The average Bonchev–Trinajstić information content (AvgIpc) is 2.79. The molecule has 1 aromatic carbocycles. The van der Waals surface area contributed by atoms with Crippen LogP contribution in [0.2, 0.25) is 0 Å². The molecule has 0 aliphatic rings. The molecule has 4 N–H and O–H groups in total. The van der Waals surface area contributed by atoms with Gasteiger partial charge in [0.15, 0.2) is 5.65 Å². The molecule has 3 rings (SSSR count). The molecule has 0 spiro atoms. The maximum atomic E-state index is 6.07. The molecule has 3 aromatic rings. The van der Waals surface area contributed by atoms with E-state index in [1.54, 1.807) is 0 Å². The first-order valence-corrected chi connectivity index (χ1v) is 7.19. The maximum Gasteiger partial charge on any atom is 0.164 e. The molecule has 0 saturated carbocycles. The van der Waals surface area contributed by atoms with Gasteiger partial charge in [-0.05, 0) is 38.5 Å². The van der Waals surface area contributed by atoms with Crippen molar-refractivity contribution in [2.45, 2.75) is 32.7 Å². The van der Waals surface area contributed by atoms with Gasteiger partial charge in [-0.25, -0.2) is 14.6 Å². The van der Waals surface area contributed by atoms with Crippen LogP contribution in [0.5, 0.6) is 0 Å².